The number of hydrogen-bond acceptors (Lipinski definition) is 3. The molecule has 1 atom stereocenters. The highest BCUT2D eigenvalue weighted by Gasteiger charge is 2.35. The van der Waals surface area contributed by atoms with Gasteiger partial charge < -0.3 is 4.90 Å². The first kappa shape index (κ1) is 17.9. The van der Waals surface area contributed by atoms with Crippen molar-refractivity contribution in [2.24, 2.45) is 11.0 Å². The van der Waals surface area contributed by atoms with Gasteiger partial charge in [0.25, 0.3) is 0 Å². The molecular formula is C21H23N3O2. The second-order valence-electron chi connectivity index (χ2n) is 6.57. The third-order valence-electron chi connectivity index (χ3n) is 4.62. The maximum atomic E-state index is 12.3. The Kier molecular flexibility index (Phi) is 5.46. The van der Waals surface area contributed by atoms with Crippen molar-refractivity contribution in [2.75, 3.05) is 11.4 Å². The molecule has 2 aromatic rings. The first-order valence-electron chi connectivity index (χ1n) is 8.85. The van der Waals surface area contributed by atoms with Crippen molar-refractivity contribution in [1.29, 1.82) is 0 Å². The van der Waals surface area contributed by atoms with E-state index in [1.54, 1.807) is 11.1 Å². The SMILES string of the molecule is CCc1ccc(C=NNC(=O)C2CC(=O)N(c3ccc(C)cc3)C2)cc1. The van der Waals surface area contributed by atoms with Crippen molar-refractivity contribution in [1.82, 2.24) is 5.43 Å². The minimum absolute atomic E-state index is 0.0341. The summed E-state index contributed by atoms with van der Waals surface area (Å²) in [6.45, 7) is 4.49. The molecule has 1 fully saturated rings. The van der Waals surface area contributed by atoms with Gasteiger partial charge in [-0.05, 0) is 36.6 Å². The molecular weight excluding hydrogens is 326 g/mol. The fourth-order valence-electron chi connectivity index (χ4n) is 2.96. The number of carbonyl (C=O) groups excluding carboxylic acids is 2. The Hall–Kier alpha value is -2.95. The Morgan fingerprint density at radius 3 is 2.54 bits per heavy atom. The summed E-state index contributed by atoms with van der Waals surface area (Å²) < 4.78 is 0. The maximum absolute atomic E-state index is 12.3. The van der Waals surface area contributed by atoms with Gasteiger partial charge in [0, 0.05) is 18.7 Å². The van der Waals surface area contributed by atoms with Gasteiger partial charge in [-0.2, -0.15) is 5.10 Å². The molecule has 1 saturated heterocycles. The number of hydrazone groups is 1. The van der Waals surface area contributed by atoms with Crippen molar-refractivity contribution in [3.63, 3.8) is 0 Å². The highest BCUT2D eigenvalue weighted by atomic mass is 16.2. The topological polar surface area (TPSA) is 61.8 Å². The van der Waals surface area contributed by atoms with E-state index in [4.69, 9.17) is 0 Å². The first-order valence-corrected chi connectivity index (χ1v) is 8.85. The molecule has 3 rings (SSSR count). The molecule has 0 aromatic heterocycles. The van der Waals surface area contributed by atoms with Crippen LogP contribution in [0.5, 0.6) is 0 Å². The summed E-state index contributed by atoms with van der Waals surface area (Å²) in [5.41, 5.74) is 6.70. The minimum atomic E-state index is -0.386. The van der Waals surface area contributed by atoms with Crippen LogP contribution in [-0.2, 0) is 16.0 Å². The molecule has 1 heterocycles. The van der Waals surface area contributed by atoms with Crippen LogP contribution in [0, 0.1) is 12.8 Å². The maximum Gasteiger partial charge on any atom is 0.245 e. The minimum Gasteiger partial charge on any atom is -0.312 e. The number of anilines is 1. The van der Waals surface area contributed by atoms with Crippen LogP contribution < -0.4 is 10.3 Å². The van der Waals surface area contributed by atoms with E-state index in [1.165, 1.54) is 5.56 Å². The summed E-state index contributed by atoms with van der Waals surface area (Å²) in [6, 6.07) is 15.8. The standard InChI is InChI=1S/C21H23N3O2/c1-3-16-6-8-17(9-7-16)13-22-23-21(26)18-12-20(25)24(14-18)19-10-4-15(2)5-11-19/h4-11,13,18H,3,12,14H2,1-2H3,(H,23,26). The molecule has 0 bridgehead atoms. The lowest BCUT2D eigenvalue weighted by molar-refractivity contribution is -0.126. The molecule has 5 nitrogen and oxygen atoms in total. The predicted molar refractivity (Wildman–Crippen MR) is 103 cm³/mol. The molecule has 2 aromatic carbocycles. The van der Waals surface area contributed by atoms with Gasteiger partial charge in [-0.3, -0.25) is 9.59 Å². The van der Waals surface area contributed by atoms with Gasteiger partial charge in [-0.15, -0.1) is 0 Å². The average molecular weight is 349 g/mol. The lowest BCUT2D eigenvalue weighted by Crippen LogP contribution is -2.30. The average Bonchev–Trinajstić information content (AvgIpc) is 3.05. The lowest BCUT2D eigenvalue weighted by atomic mass is 10.1. The smallest absolute Gasteiger partial charge is 0.245 e. The van der Waals surface area contributed by atoms with Crippen molar-refractivity contribution in [2.45, 2.75) is 26.7 Å². The number of rotatable bonds is 5. The van der Waals surface area contributed by atoms with Gasteiger partial charge in [0.15, 0.2) is 0 Å². The van der Waals surface area contributed by atoms with Crippen LogP contribution in [0.1, 0.15) is 30.0 Å². The summed E-state index contributed by atoms with van der Waals surface area (Å²) in [6.07, 6.45) is 2.81. The van der Waals surface area contributed by atoms with Crippen molar-refractivity contribution in [3.05, 3.63) is 65.2 Å². The molecule has 0 radical (unpaired) electrons. The van der Waals surface area contributed by atoms with Gasteiger partial charge in [0.05, 0.1) is 12.1 Å². The number of nitrogens with zero attached hydrogens (tertiary/aromatic N) is 2. The van der Waals surface area contributed by atoms with Crippen molar-refractivity contribution in [3.8, 4) is 0 Å². The molecule has 0 spiro atoms. The van der Waals surface area contributed by atoms with Gasteiger partial charge in [0.2, 0.25) is 11.8 Å². The number of benzene rings is 2. The lowest BCUT2D eigenvalue weighted by Gasteiger charge is -2.16. The second-order valence-corrected chi connectivity index (χ2v) is 6.57. The van der Waals surface area contributed by atoms with E-state index >= 15 is 0 Å². The normalized spacial score (nSPS) is 17.1. The Balaban J connectivity index is 1.57. The molecule has 1 unspecified atom stereocenters. The number of aryl methyl sites for hydroxylation is 2. The fraction of sp³-hybridized carbons (Fsp3) is 0.286. The highest BCUT2D eigenvalue weighted by molar-refractivity contribution is 6.00. The van der Waals surface area contributed by atoms with Gasteiger partial charge in [-0.1, -0.05) is 48.9 Å². The number of hydrogen-bond donors (Lipinski definition) is 1. The molecule has 134 valence electrons. The third-order valence-corrected chi connectivity index (χ3v) is 4.62. The van der Waals surface area contributed by atoms with E-state index in [1.807, 2.05) is 55.5 Å². The van der Waals surface area contributed by atoms with E-state index in [0.717, 1.165) is 23.2 Å². The molecule has 1 aliphatic rings. The molecule has 5 heteroatoms. The number of nitrogens with one attached hydrogen (secondary N) is 1. The number of carbonyl (C=O) groups is 2. The fourth-order valence-corrected chi connectivity index (χ4v) is 2.96. The van der Waals surface area contributed by atoms with Crippen LogP contribution >= 0.6 is 0 Å². The highest BCUT2D eigenvalue weighted by Crippen LogP contribution is 2.25. The van der Waals surface area contributed by atoms with E-state index in [-0.39, 0.29) is 24.2 Å². The second kappa shape index (κ2) is 7.95. The van der Waals surface area contributed by atoms with Crippen LogP contribution in [0.15, 0.2) is 53.6 Å². The summed E-state index contributed by atoms with van der Waals surface area (Å²) in [5, 5.41) is 4.02. The molecule has 1 N–H and O–H groups in total. The van der Waals surface area contributed by atoms with Crippen LogP contribution in [-0.4, -0.2) is 24.6 Å². The first-order chi connectivity index (χ1) is 12.6. The van der Waals surface area contributed by atoms with Crippen LogP contribution in [0.4, 0.5) is 5.69 Å². The number of amides is 2. The summed E-state index contributed by atoms with van der Waals surface area (Å²) in [5.74, 6) is -0.647. The summed E-state index contributed by atoms with van der Waals surface area (Å²) in [4.78, 5) is 26.2. The van der Waals surface area contributed by atoms with E-state index in [0.29, 0.717) is 6.54 Å². The molecule has 0 aliphatic carbocycles. The third kappa shape index (κ3) is 4.17. The Morgan fingerprint density at radius 2 is 1.88 bits per heavy atom. The van der Waals surface area contributed by atoms with Crippen LogP contribution in [0.25, 0.3) is 0 Å². The summed E-state index contributed by atoms with van der Waals surface area (Å²) in [7, 11) is 0. The van der Waals surface area contributed by atoms with Gasteiger partial charge in [0.1, 0.15) is 0 Å². The van der Waals surface area contributed by atoms with Crippen LogP contribution in [0.3, 0.4) is 0 Å². The zero-order valence-corrected chi connectivity index (χ0v) is 15.1. The quantitative estimate of drug-likeness (QED) is 0.666. The van der Waals surface area contributed by atoms with E-state index in [2.05, 4.69) is 17.5 Å². The van der Waals surface area contributed by atoms with E-state index < -0.39 is 0 Å². The Morgan fingerprint density at radius 1 is 1.19 bits per heavy atom. The molecule has 1 aliphatic heterocycles. The monoisotopic (exact) mass is 349 g/mol. The zero-order valence-electron chi connectivity index (χ0n) is 15.1. The molecule has 2 amide bonds. The van der Waals surface area contributed by atoms with Gasteiger partial charge >= 0.3 is 0 Å². The van der Waals surface area contributed by atoms with E-state index in [9.17, 15) is 9.59 Å². The Labute approximate surface area is 153 Å². The predicted octanol–water partition coefficient (Wildman–Crippen LogP) is 3.06. The van der Waals surface area contributed by atoms with Crippen molar-refractivity contribution < 1.29 is 9.59 Å². The molecule has 26 heavy (non-hydrogen) atoms. The largest absolute Gasteiger partial charge is 0.312 e. The molecule has 0 saturated carbocycles. The summed E-state index contributed by atoms with van der Waals surface area (Å²) >= 11 is 0. The zero-order chi connectivity index (χ0) is 18.5. The van der Waals surface area contributed by atoms with Gasteiger partial charge in [-0.25, -0.2) is 5.43 Å². The Bertz CT molecular complexity index is 810. The van der Waals surface area contributed by atoms with Crippen LogP contribution in [0.2, 0.25) is 0 Å². The van der Waals surface area contributed by atoms with Crippen molar-refractivity contribution >= 4 is 23.7 Å².